The minimum absolute atomic E-state index is 0.173. The lowest BCUT2D eigenvalue weighted by molar-refractivity contribution is 0.239. The minimum Gasteiger partial charge on any atom is -0.404 e. The molecule has 0 aromatic carbocycles. The van der Waals surface area contributed by atoms with Gasteiger partial charge in [-0.3, -0.25) is 0 Å². The van der Waals surface area contributed by atoms with E-state index >= 15 is 0 Å². The highest BCUT2D eigenvalue weighted by Gasteiger charge is 2.18. The molecule has 0 fully saturated rings. The summed E-state index contributed by atoms with van der Waals surface area (Å²) in [4.78, 5) is 0. The molecule has 0 aliphatic rings. The van der Waals surface area contributed by atoms with Crippen molar-refractivity contribution in [3.8, 4) is 11.8 Å². The second-order valence-corrected chi connectivity index (χ2v) is 8.36. The first kappa shape index (κ1) is 11.7. The molecule has 0 spiro atoms. The van der Waals surface area contributed by atoms with Crippen LogP contribution in [0.15, 0.2) is 0 Å². The van der Waals surface area contributed by atoms with Gasteiger partial charge in [-0.25, -0.2) is 0 Å². The fraction of sp³-hybridized carbons (Fsp3) is 0.800. The standard InChI is InChI=1S/C10H20OSi/c1-6-8-10(9-7-2)11-12(3,4)5/h10H,6,8H2,1-5H3. The van der Waals surface area contributed by atoms with E-state index in [0.717, 1.165) is 12.8 Å². The summed E-state index contributed by atoms with van der Waals surface area (Å²) >= 11 is 0. The molecule has 0 saturated carbocycles. The Kier molecular flexibility index (Phi) is 5.28. The van der Waals surface area contributed by atoms with E-state index in [0.29, 0.717) is 0 Å². The number of hydrogen-bond donors (Lipinski definition) is 0. The van der Waals surface area contributed by atoms with Crippen LogP contribution in [0.1, 0.15) is 26.7 Å². The maximum atomic E-state index is 5.88. The largest absolute Gasteiger partial charge is 0.404 e. The molecule has 70 valence electrons. The van der Waals surface area contributed by atoms with Gasteiger partial charge in [-0.2, -0.15) is 0 Å². The van der Waals surface area contributed by atoms with Crippen molar-refractivity contribution in [2.45, 2.75) is 52.4 Å². The van der Waals surface area contributed by atoms with Crippen molar-refractivity contribution in [2.75, 3.05) is 0 Å². The number of hydrogen-bond acceptors (Lipinski definition) is 1. The van der Waals surface area contributed by atoms with E-state index in [2.05, 4.69) is 38.4 Å². The third kappa shape index (κ3) is 6.45. The lowest BCUT2D eigenvalue weighted by Gasteiger charge is -2.22. The highest BCUT2D eigenvalue weighted by atomic mass is 28.4. The van der Waals surface area contributed by atoms with Gasteiger partial charge in [0.15, 0.2) is 8.32 Å². The molecular weight excluding hydrogens is 164 g/mol. The molecule has 0 N–H and O–H groups in total. The molecule has 1 unspecified atom stereocenters. The van der Waals surface area contributed by atoms with Crippen molar-refractivity contribution in [3.05, 3.63) is 0 Å². The molecule has 0 aromatic heterocycles. The predicted molar refractivity (Wildman–Crippen MR) is 56.6 cm³/mol. The van der Waals surface area contributed by atoms with Crippen molar-refractivity contribution in [1.82, 2.24) is 0 Å². The highest BCUT2D eigenvalue weighted by molar-refractivity contribution is 6.69. The van der Waals surface area contributed by atoms with E-state index < -0.39 is 8.32 Å². The van der Waals surface area contributed by atoms with Gasteiger partial charge in [0.05, 0.1) is 0 Å². The number of rotatable bonds is 4. The summed E-state index contributed by atoms with van der Waals surface area (Å²) in [5.74, 6) is 6.02. The first-order valence-corrected chi connectivity index (χ1v) is 8.00. The molecular formula is C10H20OSi. The lowest BCUT2D eigenvalue weighted by Crippen LogP contribution is -2.31. The van der Waals surface area contributed by atoms with Crippen LogP contribution in [0.25, 0.3) is 0 Å². The zero-order valence-electron chi connectivity index (χ0n) is 8.90. The van der Waals surface area contributed by atoms with Crippen molar-refractivity contribution < 1.29 is 4.43 Å². The van der Waals surface area contributed by atoms with Gasteiger partial charge >= 0.3 is 0 Å². The van der Waals surface area contributed by atoms with Crippen molar-refractivity contribution in [1.29, 1.82) is 0 Å². The van der Waals surface area contributed by atoms with Gasteiger partial charge in [0.25, 0.3) is 0 Å². The lowest BCUT2D eigenvalue weighted by atomic mass is 10.2. The average molecular weight is 184 g/mol. The van der Waals surface area contributed by atoms with Crippen LogP contribution in [0.4, 0.5) is 0 Å². The van der Waals surface area contributed by atoms with E-state index in [1.165, 1.54) is 0 Å². The first-order valence-electron chi connectivity index (χ1n) is 4.59. The van der Waals surface area contributed by atoms with E-state index in [4.69, 9.17) is 4.43 Å². The fourth-order valence-corrected chi connectivity index (χ4v) is 2.04. The van der Waals surface area contributed by atoms with Gasteiger partial charge in [0, 0.05) is 0 Å². The van der Waals surface area contributed by atoms with Crippen molar-refractivity contribution in [2.24, 2.45) is 0 Å². The Labute approximate surface area is 77.6 Å². The van der Waals surface area contributed by atoms with Crippen LogP contribution in [-0.2, 0) is 4.43 Å². The molecule has 2 heteroatoms. The molecule has 0 bridgehead atoms. The molecule has 0 aliphatic heterocycles. The summed E-state index contributed by atoms with van der Waals surface area (Å²) in [7, 11) is -1.40. The molecule has 0 aliphatic carbocycles. The maximum absolute atomic E-state index is 5.88. The Morgan fingerprint density at radius 2 is 1.92 bits per heavy atom. The molecule has 0 rings (SSSR count). The highest BCUT2D eigenvalue weighted by Crippen LogP contribution is 2.10. The van der Waals surface area contributed by atoms with Gasteiger partial charge in [-0.15, -0.1) is 5.92 Å². The predicted octanol–water partition coefficient (Wildman–Crippen LogP) is 3.03. The van der Waals surface area contributed by atoms with Crippen LogP contribution in [0.2, 0.25) is 19.6 Å². The zero-order chi connectivity index (χ0) is 9.61. The summed E-state index contributed by atoms with van der Waals surface area (Å²) in [5.41, 5.74) is 0. The average Bonchev–Trinajstić information content (AvgIpc) is 1.84. The Hall–Kier alpha value is -0.263. The summed E-state index contributed by atoms with van der Waals surface area (Å²) in [5, 5.41) is 0. The van der Waals surface area contributed by atoms with Gasteiger partial charge in [-0.05, 0) is 33.0 Å². The Morgan fingerprint density at radius 1 is 1.33 bits per heavy atom. The van der Waals surface area contributed by atoms with E-state index in [1.54, 1.807) is 0 Å². The first-order chi connectivity index (χ1) is 5.49. The molecule has 1 nitrogen and oxygen atoms in total. The Morgan fingerprint density at radius 3 is 2.25 bits per heavy atom. The molecule has 1 atom stereocenters. The summed E-state index contributed by atoms with van der Waals surface area (Å²) in [6.45, 7) is 10.6. The normalized spacial score (nSPS) is 13.4. The van der Waals surface area contributed by atoms with Crippen LogP contribution in [-0.4, -0.2) is 14.4 Å². The van der Waals surface area contributed by atoms with Crippen LogP contribution < -0.4 is 0 Å². The smallest absolute Gasteiger partial charge is 0.185 e. The van der Waals surface area contributed by atoms with Gasteiger partial charge in [0.1, 0.15) is 6.10 Å². The van der Waals surface area contributed by atoms with Gasteiger partial charge in [-0.1, -0.05) is 19.3 Å². The summed E-state index contributed by atoms with van der Waals surface area (Å²) in [6, 6.07) is 0. The third-order valence-corrected chi connectivity index (χ3v) is 2.34. The monoisotopic (exact) mass is 184 g/mol. The topological polar surface area (TPSA) is 9.23 Å². The van der Waals surface area contributed by atoms with E-state index in [-0.39, 0.29) is 6.10 Å². The second kappa shape index (κ2) is 5.39. The van der Waals surface area contributed by atoms with Gasteiger partial charge < -0.3 is 4.43 Å². The van der Waals surface area contributed by atoms with E-state index in [9.17, 15) is 0 Å². The second-order valence-electron chi connectivity index (χ2n) is 3.90. The van der Waals surface area contributed by atoms with Gasteiger partial charge in [0.2, 0.25) is 0 Å². The third-order valence-electron chi connectivity index (χ3n) is 1.35. The van der Waals surface area contributed by atoms with Crippen LogP contribution in [0, 0.1) is 11.8 Å². The van der Waals surface area contributed by atoms with Crippen LogP contribution >= 0.6 is 0 Å². The summed E-state index contributed by atoms with van der Waals surface area (Å²) < 4.78 is 5.88. The van der Waals surface area contributed by atoms with Crippen molar-refractivity contribution in [3.63, 3.8) is 0 Å². The zero-order valence-corrected chi connectivity index (χ0v) is 9.90. The van der Waals surface area contributed by atoms with E-state index in [1.807, 2.05) is 6.92 Å². The molecule has 0 amide bonds. The quantitative estimate of drug-likeness (QED) is 0.482. The van der Waals surface area contributed by atoms with Crippen molar-refractivity contribution >= 4 is 8.32 Å². The summed E-state index contributed by atoms with van der Waals surface area (Å²) in [6.07, 6.45) is 2.38. The molecule has 0 radical (unpaired) electrons. The molecule has 0 saturated heterocycles. The SMILES string of the molecule is CC#CC(CCC)O[Si](C)(C)C. The minimum atomic E-state index is -1.40. The molecule has 0 heterocycles. The molecule has 0 aromatic rings. The Balaban J connectivity index is 4.01. The molecule has 12 heavy (non-hydrogen) atoms. The fourth-order valence-electron chi connectivity index (χ4n) is 1.01. The van der Waals surface area contributed by atoms with Crippen LogP contribution in [0.5, 0.6) is 0 Å². The Bertz CT molecular complexity index is 171. The maximum Gasteiger partial charge on any atom is 0.185 e. The van der Waals surface area contributed by atoms with Crippen LogP contribution in [0.3, 0.4) is 0 Å².